The Labute approximate surface area is 93.5 Å². The number of carbonyl (C=O) groups excluding carboxylic acids is 1. The Bertz CT molecular complexity index is 429. The highest BCUT2D eigenvalue weighted by Gasteiger charge is 2.07. The lowest BCUT2D eigenvalue weighted by atomic mass is 10.1. The molecule has 0 aliphatic heterocycles. The Morgan fingerprint density at radius 1 is 1.60 bits per heavy atom. The number of aromatic hydroxyl groups is 1. The summed E-state index contributed by atoms with van der Waals surface area (Å²) in [5.74, 6) is 5.36. The molecule has 0 spiro atoms. The maximum Gasteiger partial charge on any atom is 0.337 e. The zero-order valence-electron chi connectivity index (χ0n) is 8.15. The van der Waals surface area contributed by atoms with Gasteiger partial charge in [-0.15, -0.1) is 0 Å². The lowest BCUT2D eigenvalue weighted by Gasteiger charge is -2.01. The molecule has 78 valence electrons. The highest BCUT2D eigenvalue weighted by Crippen LogP contribution is 2.17. The molecule has 4 heteroatoms. The van der Waals surface area contributed by atoms with E-state index in [4.69, 9.17) is 0 Å². The average molecular weight is 222 g/mol. The first-order valence-corrected chi connectivity index (χ1v) is 4.83. The second-order valence-corrected chi connectivity index (χ2v) is 3.00. The van der Waals surface area contributed by atoms with E-state index in [1.54, 1.807) is 0 Å². The number of thiol groups is 1. The van der Waals surface area contributed by atoms with Crippen molar-refractivity contribution in [2.75, 3.05) is 12.9 Å². The first kappa shape index (κ1) is 11.5. The molecule has 1 N–H and O–H groups in total. The van der Waals surface area contributed by atoms with Crippen LogP contribution in [0.25, 0.3) is 0 Å². The van der Waals surface area contributed by atoms with Gasteiger partial charge < -0.3 is 9.84 Å². The minimum Gasteiger partial charge on any atom is -0.507 e. The minimum absolute atomic E-state index is 0.0388. The zero-order valence-corrected chi connectivity index (χ0v) is 9.04. The molecule has 0 heterocycles. The molecule has 0 aliphatic carbocycles. The number of esters is 1. The number of methoxy groups -OCH3 is 1. The Morgan fingerprint density at radius 2 is 2.33 bits per heavy atom. The SMILES string of the molecule is COC(=O)c1ccc(O)c(C#CCS)c1. The number of rotatable bonds is 1. The number of phenols is 1. The van der Waals surface area contributed by atoms with Gasteiger partial charge in [0.2, 0.25) is 0 Å². The van der Waals surface area contributed by atoms with Gasteiger partial charge in [-0.2, -0.15) is 12.6 Å². The Hall–Kier alpha value is -1.60. The molecule has 0 unspecified atom stereocenters. The largest absolute Gasteiger partial charge is 0.507 e. The minimum atomic E-state index is -0.455. The molecular formula is C11H10O3S. The summed E-state index contributed by atoms with van der Waals surface area (Å²) in [7, 11) is 1.30. The van der Waals surface area contributed by atoms with Crippen molar-refractivity contribution in [3.8, 4) is 17.6 Å². The monoisotopic (exact) mass is 222 g/mol. The maximum atomic E-state index is 11.2. The van der Waals surface area contributed by atoms with E-state index in [1.807, 2.05) is 0 Å². The molecular weight excluding hydrogens is 212 g/mol. The second-order valence-electron chi connectivity index (χ2n) is 2.68. The van der Waals surface area contributed by atoms with Crippen molar-refractivity contribution in [3.63, 3.8) is 0 Å². The summed E-state index contributed by atoms with van der Waals surface area (Å²) in [6.45, 7) is 0. The van der Waals surface area contributed by atoms with Crippen LogP contribution >= 0.6 is 12.6 Å². The summed E-state index contributed by atoms with van der Waals surface area (Å²) >= 11 is 3.92. The first-order valence-electron chi connectivity index (χ1n) is 4.20. The van der Waals surface area contributed by atoms with Gasteiger partial charge in [0.1, 0.15) is 5.75 Å². The molecule has 0 atom stereocenters. The van der Waals surface area contributed by atoms with Gasteiger partial charge in [-0.3, -0.25) is 0 Å². The van der Waals surface area contributed by atoms with Gasteiger partial charge in [0.15, 0.2) is 0 Å². The maximum absolute atomic E-state index is 11.2. The van der Waals surface area contributed by atoms with Crippen molar-refractivity contribution in [3.05, 3.63) is 29.3 Å². The Kier molecular flexibility index (Phi) is 4.07. The van der Waals surface area contributed by atoms with Gasteiger partial charge >= 0.3 is 5.97 Å². The van der Waals surface area contributed by atoms with E-state index in [-0.39, 0.29) is 5.75 Å². The van der Waals surface area contributed by atoms with Gasteiger partial charge in [-0.05, 0) is 18.2 Å². The number of phenolic OH excluding ortho intramolecular Hbond substituents is 1. The summed E-state index contributed by atoms with van der Waals surface area (Å²) < 4.78 is 4.55. The van der Waals surface area contributed by atoms with Crippen LogP contribution < -0.4 is 0 Å². The third-order valence-corrected chi connectivity index (χ3v) is 1.88. The van der Waals surface area contributed by atoms with E-state index in [2.05, 4.69) is 29.2 Å². The quantitative estimate of drug-likeness (QED) is 0.429. The third-order valence-electron chi connectivity index (χ3n) is 1.72. The topological polar surface area (TPSA) is 46.5 Å². The molecule has 1 aromatic rings. The molecule has 3 nitrogen and oxygen atoms in total. The van der Waals surface area contributed by atoms with E-state index < -0.39 is 5.97 Å². The molecule has 0 fully saturated rings. The third kappa shape index (κ3) is 2.93. The molecule has 1 rings (SSSR count). The predicted octanol–water partition coefficient (Wildman–Crippen LogP) is 1.46. The van der Waals surface area contributed by atoms with Crippen LogP contribution in [0.2, 0.25) is 0 Å². The van der Waals surface area contributed by atoms with E-state index >= 15 is 0 Å². The predicted molar refractivity (Wildman–Crippen MR) is 60.2 cm³/mol. The highest BCUT2D eigenvalue weighted by molar-refractivity contribution is 7.80. The standard InChI is InChI=1S/C11H10O3S/c1-14-11(13)9-4-5-10(12)8(7-9)3-2-6-15/h4-5,7,12,15H,6H2,1H3. The van der Waals surface area contributed by atoms with Crippen molar-refractivity contribution < 1.29 is 14.6 Å². The van der Waals surface area contributed by atoms with Crippen LogP contribution in [0.3, 0.4) is 0 Å². The molecule has 0 radical (unpaired) electrons. The van der Waals surface area contributed by atoms with Crippen LogP contribution in [-0.2, 0) is 4.74 Å². The highest BCUT2D eigenvalue weighted by atomic mass is 32.1. The van der Waals surface area contributed by atoms with Crippen molar-refractivity contribution in [2.45, 2.75) is 0 Å². The second kappa shape index (κ2) is 5.32. The fourth-order valence-corrected chi connectivity index (χ4v) is 1.09. The van der Waals surface area contributed by atoms with Crippen molar-refractivity contribution in [1.82, 2.24) is 0 Å². The Morgan fingerprint density at radius 3 is 2.93 bits per heavy atom. The lowest BCUT2D eigenvalue weighted by Crippen LogP contribution is -2.01. The lowest BCUT2D eigenvalue weighted by molar-refractivity contribution is 0.0600. The van der Waals surface area contributed by atoms with Crippen LogP contribution in [0.15, 0.2) is 18.2 Å². The molecule has 0 saturated heterocycles. The molecule has 0 saturated carbocycles. The van der Waals surface area contributed by atoms with E-state index in [0.717, 1.165) is 0 Å². The van der Waals surface area contributed by atoms with Gasteiger partial charge in [0.25, 0.3) is 0 Å². The normalized spacial score (nSPS) is 8.93. The fraction of sp³-hybridized carbons (Fsp3) is 0.182. The van der Waals surface area contributed by atoms with Crippen LogP contribution in [0.5, 0.6) is 5.75 Å². The van der Waals surface area contributed by atoms with E-state index in [9.17, 15) is 9.90 Å². The van der Waals surface area contributed by atoms with Gasteiger partial charge in [0.05, 0.1) is 24.0 Å². The van der Waals surface area contributed by atoms with Crippen LogP contribution in [0.1, 0.15) is 15.9 Å². The summed E-state index contributed by atoms with van der Waals surface area (Å²) in [5.41, 5.74) is 0.755. The van der Waals surface area contributed by atoms with Gasteiger partial charge in [0, 0.05) is 0 Å². The fourth-order valence-electron chi connectivity index (χ4n) is 1.02. The molecule has 15 heavy (non-hydrogen) atoms. The molecule has 0 bridgehead atoms. The number of ether oxygens (including phenoxy) is 1. The van der Waals surface area contributed by atoms with Gasteiger partial charge in [-0.1, -0.05) is 11.8 Å². The zero-order chi connectivity index (χ0) is 11.3. The smallest absolute Gasteiger partial charge is 0.337 e. The molecule has 1 aromatic carbocycles. The molecule has 0 amide bonds. The van der Waals surface area contributed by atoms with Gasteiger partial charge in [-0.25, -0.2) is 4.79 Å². The number of benzene rings is 1. The average Bonchev–Trinajstić information content (AvgIpc) is 2.27. The summed E-state index contributed by atoms with van der Waals surface area (Å²) in [5, 5.41) is 9.44. The first-order chi connectivity index (χ1) is 7.19. The summed E-state index contributed by atoms with van der Waals surface area (Å²) in [6.07, 6.45) is 0. The number of hydrogen-bond donors (Lipinski definition) is 2. The number of carbonyl (C=O) groups is 1. The molecule has 0 aromatic heterocycles. The molecule has 0 aliphatic rings. The summed E-state index contributed by atoms with van der Waals surface area (Å²) in [6, 6.07) is 4.37. The van der Waals surface area contributed by atoms with Crippen LogP contribution in [0.4, 0.5) is 0 Å². The van der Waals surface area contributed by atoms with E-state index in [0.29, 0.717) is 16.9 Å². The van der Waals surface area contributed by atoms with Crippen molar-refractivity contribution in [1.29, 1.82) is 0 Å². The van der Waals surface area contributed by atoms with E-state index in [1.165, 1.54) is 25.3 Å². The summed E-state index contributed by atoms with van der Waals surface area (Å²) in [4.78, 5) is 11.2. The van der Waals surface area contributed by atoms with Crippen molar-refractivity contribution in [2.24, 2.45) is 0 Å². The van der Waals surface area contributed by atoms with Crippen LogP contribution in [0, 0.1) is 11.8 Å². The van der Waals surface area contributed by atoms with Crippen molar-refractivity contribution >= 4 is 18.6 Å². The Balaban J connectivity index is 3.10. The van der Waals surface area contributed by atoms with Crippen LogP contribution in [-0.4, -0.2) is 23.9 Å². The number of hydrogen-bond acceptors (Lipinski definition) is 4.